The van der Waals surface area contributed by atoms with Gasteiger partial charge < -0.3 is 15.3 Å². The molecule has 6 nitrogen and oxygen atoms in total. The SMILES string of the molecule is C=CC(C)NC(=O)N1CCN(CCC(=O)O)CC1. The molecule has 0 aliphatic carbocycles. The maximum Gasteiger partial charge on any atom is 0.317 e. The second-order valence-corrected chi connectivity index (χ2v) is 4.45. The van der Waals surface area contributed by atoms with Crippen molar-refractivity contribution >= 4 is 12.0 Å². The van der Waals surface area contributed by atoms with E-state index in [1.165, 1.54) is 0 Å². The van der Waals surface area contributed by atoms with Crippen molar-refractivity contribution in [2.75, 3.05) is 32.7 Å². The van der Waals surface area contributed by atoms with E-state index < -0.39 is 5.97 Å². The van der Waals surface area contributed by atoms with Crippen LogP contribution < -0.4 is 5.32 Å². The molecule has 1 aliphatic rings. The van der Waals surface area contributed by atoms with Crippen LogP contribution in [0.25, 0.3) is 0 Å². The van der Waals surface area contributed by atoms with E-state index in [-0.39, 0.29) is 18.5 Å². The number of hydrogen-bond donors (Lipinski definition) is 2. The highest BCUT2D eigenvalue weighted by molar-refractivity contribution is 5.74. The van der Waals surface area contributed by atoms with Gasteiger partial charge in [-0.05, 0) is 6.92 Å². The molecule has 2 N–H and O–H groups in total. The normalized spacial score (nSPS) is 18.2. The number of carboxylic acids is 1. The molecule has 0 aromatic carbocycles. The third-order valence-corrected chi connectivity index (χ3v) is 3.01. The van der Waals surface area contributed by atoms with Gasteiger partial charge in [0, 0.05) is 38.8 Å². The number of carbonyl (C=O) groups is 2. The molecular weight excluding hydrogens is 234 g/mol. The van der Waals surface area contributed by atoms with Crippen LogP contribution in [0.4, 0.5) is 4.79 Å². The fourth-order valence-corrected chi connectivity index (χ4v) is 1.77. The Balaban J connectivity index is 2.28. The first-order valence-electron chi connectivity index (χ1n) is 6.15. The highest BCUT2D eigenvalue weighted by atomic mass is 16.4. The maximum atomic E-state index is 11.8. The summed E-state index contributed by atoms with van der Waals surface area (Å²) in [5.74, 6) is -0.782. The summed E-state index contributed by atoms with van der Waals surface area (Å²) < 4.78 is 0. The van der Waals surface area contributed by atoms with E-state index in [9.17, 15) is 9.59 Å². The Morgan fingerprint density at radius 3 is 2.50 bits per heavy atom. The number of carbonyl (C=O) groups excluding carboxylic acids is 1. The molecule has 0 aromatic heterocycles. The summed E-state index contributed by atoms with van der Waals surface area (Å²) in [5, 5.41) is 11.4. The molecule has 0 spiro atoms. The molecule has 0 bridgehead atoms. The van der Waals surface area contributed by atoms with Gasteiger partial charge in [-0.1, -0.05) is 6.08 Å². The number of nitrogens with zero attached hydrogens (tertiary/aromatic N) is 2. The quantitative estimate of drug-likeness (QED) is 0.696. The lowest BCUT2D eigenvalue weighted by atomic mass is 10.3. The summed E-state index contributed by atoms with van der Waals surface area (Å²) in [4.78, 5) is 26.1. The van der Waals surface area contributed by atoms with E-state index in [0.717, 1.165) is 13.1 Å². The summed E-state index contributed by atoms with van der Waals surface area (Å²) in [6, 6.07) is -0.122. The highest BCUT2D eigenvalue weighted by Crippen LogP contribution is 2.03. The third-order valence-electron chi connectivity index (χ3n) is 3.01. The van der Waals surface area contributed by atoms with Gasteiger partial charge in [0.25, 0.3) is 0 Å². The van der Waals surface area contributed by atoms with Gasteiger partial charge in [0.1, 0.15) is 0 Å². The average molecular weight is 255 g/mol. The number of rotatable bonds is 5. The Bertz CT molecular complexity index is 312. The smallest absolute Gasteiger partial charge is 0.317 e. The molecule has 1 rings (SSSR count). The van der Waals surface area contributed by atoms with Gasteiger partial charge in [-0.25, -0.2) is 4.79 Å². The number of carboxylic acid groups (broad SMARTS) is 1. The second kappa shape index (κ2) is 7.00. The third kappa shape index (κ3) is 4.75. The Morgan fingerprint density at radius 2 is 2.00 bits per heavy atom. The monoisotopic (exact) mass is 255 g/mol. The Labute approximate surface area is 107 Å². The molecule has 1 atom stereocenters. The molecule has 1 fully saturated rings. The highest BCUT2D eigenvalue weighted by Gasteiger charge is 2.21. The number of urea groups is 1. The molecule has 102 valence electrons. The van der Waals surface area contributed by atoms with Gasteiger partial charge in [-0.2, -0.15) is 0 Å². The molecule has 0 aromatic rings. The van der Waals surface area contributed by atoms with Gasteiger partial charge >= 0.3 is 12.0 Å². The van der Waals surface area contributed by atoms with Crippen LogP contribution in [0.2, 0.25) is 0 Å². The molecule has 1 saturated heterocycles. The molecule has 18 heavy (non-hydrogen) atoms. The molecular formula is C12H21N3O3. The van der Waals surface area contributed by atoms with Gasteiger partial charge in [0.05, 0.1) is 6.42 Å². The minimum Gasteiger partial charge on any atom is -0.481 e. The average Bonchev–Trinajstić information content (AvgIpc) is 2.36. The number of aliphatic carboxylic acids is 1. The summed E-state index contributed by atoms with van der Waals surface area (Å²) in [7, 11) is 0. The van der Waals surface area contributed by atoms with Crippen molar-refractivity contribution in [1.29, 1.82) is 0 Å². The lowest BCUT2D eigenvalue weighted by Crippen LogP contribution is -2.53. The van der Waals surface area contributed by atoms with Crippen molar-refractivity contribution in [1.82, 2.24) is 15.1 Å². The van der Waals surface area contributed by atoms with Crippen molar-refractivity contribution in [3.63, 3.8) is 0 Å². The minimum absolute atomic E-state index is 0.0393. The molecule has 6 heteroatoms. The van der Waals surface area contributed by atoms with E-state index in [1.54, 1.807) is 11.0 Å². The second-order valence-electron chi connectivity index (χ2n) is 4.45. The molecule has 1 aliphatic heterocycles. The molecule has 2 amide bonds. The summed E-state index contributed by atoms with van der Waals surface area (Å²) in [6.45, 7) is 8.75. The number of piperazine rings is 1. The van der Waals surface area contributed by atoms with Crippen LogP contribution in [0, 0.1) is 0 Å². The van der Waals surface area contributed by atoms with Crippen LogP contribution in [0.1, 0.15) is 13.3 Å². The van der Waals surface area contributed by atoms with Gasteiger partial charge in [-0.3, -0.25) is 9.69 Å². The van der Waals surface area contributed by atoms with Crippen molar-refractivity contribution in [2.24, 2.45) is 0 Å². The fraction of sp³-hybridized carbons (Fsp3) is 0.667. The topological polar surface area (TPSA) is 72.9 Å². The summed E-state index contributed by atoms with van der Waals surface area (Å²) >= 11 is 0. The zero-order valence-electron chi connectivity index (χ0n) is 10.8. The predicted octanol–water partition coefficient (Wildman–Crippen LogP) is 0.363. The van der Waals surface area contributed by atoms with E-state index in [4.69, 9.17) is 5.11 Å². The van der Waals surface area contributed by atoms with E-state index in [2.05, 4.69) is 16.8 Å². The number of hydrogen-bond acceptors (Lipinski definition) is 3. The van der Waals surface area contributed by atoms with E-state index >= 15 is 0 Å². The first-order valence-corrected chi connectivity index (χ1v) is 6.15. The van der Waals surface area contributed by atoms with Crippen LogP contribution in [-0.4, -0.2) is 65.7 Å². The van der Waals surface area contributed by atoms with E-state index in [1.807, 2.05) is 6.92 Å². The fourth-order valence-electron chi connectivity index (χ4n) is 1.77. The zero-order valence-corrected chi connectivity index (χ0v) is 10.8. The van der Waals surface area contributed by atoms with Crippen molar-refractivity contribution in [2.45, 2.75) is 19.4 Å². The summed E-state index contributed by atoms with van der Waals surface area (Å²) in [5.41, 5.74) is 0. The standard InChI is InChI=1S/C12H21N3O3/c1-3-10(2)13-12(18)15-8-6-14(7-9-15)5-4-11(16)17/h3,10H,1,4-9H2,2H3,(H,13,18)(H,16,17). The van der Waals surface area contributed by atoms with Crippen LogP contribution in [0.15, 0.2) is 12.7 Å². The predicted molar refractivity (Wildman–Crippen MR) is 68.5 cm³/mol. The van der Waals surface area contributed by atoms with Crippen molar-refractivity contribution < 1.29 is 14.7 Å². The summed E-state index contributed by atoms with van der Waals surface area (Å²) in [6.07, 6.45) is 1.83. The van der Waals surface area contributed by atoms with Gasteiger partial charge in [0.15, 0.2) is 0 Å². The lowest BCUT2D eigenvalue weighted by molar-refractivity contribution is -0.137. The van der Waals surface area contributed by atoms with Crippen molar-refractivity contribution in [3.8, 4) is 0 Å². The number of nitrogens with one attached hydrogen (secondary N) is 1. The molecule has 0 radical (unpaired) electrons. The van der Waals surface area contributed by atoms with Crippen LogP contribution >= 0.6 is 0 Å². The first kappa shape index (κ1) is 14.5. The molecule has 1 unspecified atom stereocenters. The first-order chi connectivity index (χ1) is 8.52. The van der Waals surface area contributed by atoms with Crippen LogP contribution in [0.3, 0.4) is 0 Å². The van der Waals surface area contributed by atoms with Gasteiger partial charge in [-0.15, -0.1) is 6.58 Å². The lowest BCUT2D eigenvalue weighted by Gasteiger charge is -2.34. The van der Waals surface area contributed by atoms with Crippen LogP contribution in [-0.2, 0) is 4.79 Å². The Kier molecular flexibility index (Phi) is 5.64. The minimum atomic E-state index is -0.782. The maximum absolute atomic E-state index is 11.8. The molecule has 0 saturated carbocycles. The number of amides is 2. The van der Waals surface area contributed by atoms with Crippen LogP contribution in [0.5, 0.6) is 0 Å². The van der Waals surface area contributed by atoms with E-state index in [0.29, 0.717) is 19.6 Å². The zero-order chi connectivity index (χ0) is 13.5. The van der Waals surface area contributed by atoms with Crippen molar-refractivity contribution in [3.05, 3.63) is 12.7 Å². The van der Waals surface area contributed by atoms with Gasteiger partial charge in [0.2, 0.25) is 0 Å². The molecule has 1 heterocycles. The Morgan fingerprint density at radius 1 is 1.39 bits per heavy atom. The largest absolute Gasteiger partial charge is 0.481 e. The Hall–Kier alpha value is -1.56.